The molecule has 0 unspecified atom stereocenters. The zero-order valence-electron chi connectivity index (χ0n) is 14.2. The molecule has 5 heteroatoms. The Morgan fingerprint density at radius 2 is 2.05 bits per heavy atom. The fourth-order valence-electron chi connectivity index (χ4n) is 2.24. The third-order valence-electron chi connectivity index (χ3n) is 3.15. The number of hydrogen-bond donors (Lipinski definition) is 2. The van der Waals surface area contributed by atoms with Crippen molar-refractivity contribution in [3.8, 4) is 5.75 Å². The van der Waals surface area contributed by atoms with Crippen LogP contribution >= 0.6 is 0 Å². The van der Waals surface area contributed by atoms with E-state index in [1.54, 1.807) is 11.9 Å². The molecular weight excluding hydrogens is 280 g/mol. The molecule has 1 aromatic carbocycles. The van der Waals surface area contributed by atoms with Gasteiger partial charge in [-0.2, -0.15) is 0 Å². The van der Waals surface area contributed by atoms with Crippen LogP contribution in [0.4, 0.5) is 0 Å². The summed E-state index contributed by atoms with van der Waals surface area (Å²) in [4.78, 5) is 13.4. The van der Waals surface area contributed by atoms with E-state index in [1.807, 2.05) is 45.9 Å². The Labute approximate surface area is 133 Å². The Kier molecular flexibility index (Phi) is 7.35. The second-order valence-electron chi connectivity index (χ2n) is 6.15. The topological polar surface area (TPSA) is 61.8 Å². The van der Waals surface area contributed by atoms with Gasteiger partial charge in [0.25, 0.3) is 0 Å². The molecule has 0 radical (unpaired) electrons. The van der Waals surface area contributed by atoms with Gasteiger partial charge in [0.15, 0.2) is 0 Å². The van der Waals surface area contributed by atoms with Gasteiger partial charge in [0, 0.05) is 12.6 Å². The van der Waals surface area contributed by atoms with Crippen molar-refractivity contribution >= 4 is 5.91 Å². The van der Waals surface area contributed by atoms with E-state index in [2.05, 4.69) is 5.32 Å². The SMILES string of the molecule is Cc1ccc(OC[C@@H](O)CN(C)CC(=O)NC(C)C)c(C)c1. The predicted molar refractivity (Wildman–Crippen MR) is 88.2 cm³/mol. The van der Waals surface area contributed by atoms with Gasteiger partial charge in [-0.3, -0.25) is 9.69 Å². The normalized spacial score (nSPS) is 12.5. The number of nitrogens with zero attached hydrogens (tertiary/aromatic N) is 1. The van der Waals surface area contributed by atoms with E-state index in [-0.39, 0.29) is 25.1 Å². The molecule has 1 amide bonds. The summed E-state index contributed by atoms with van der Waals surface area (Å²) in [5.41, 5.74) is 2.23. The molecule has 124 valence electrons. The molecule has 5 nitrogen and oxygen atoms in total. The Hall–Kier alpha value is -1.59. The number of likely N-dealkylation sites (N-methyl/N-ethyl adjacent to an activating group) is 1. The summed E-state index contributed by atoms with van der Waals surface area (Å²) >= 11 is 0. The van der Waals surface area contributed by atoms with E-state index in [1.165, 1.54) is 5.56 Å². The second kappa shape index (κ2) is 8.76. The van der Waals surface area contributed by atoms with Gasteiger partial charge in [0.1, 0.15) is 18.5 Å². The molecule has 22 heavy (non-hydrogen) atoms. The minimum absolute atomic E-state index is 0.0417. The highest BCUT2D eigenvalue weighted by atomic mass is 16.5. The van der Waals surface area contributed by atoms with Crippen LogP contribution in [0.3, 0.4) is 0 Å². The third-order valence-corrected chi connectivity index (χ3v) is 3.15. The zero-order chi connectivity index (χ0) is 16.7. The number of ether oxygens (including phenoxy) is 1. The van der Waals surface area contributed by atoms with Crippen LogP contribution in [0, 0.1) is 13.8 Å². The lowest BCUT2D eigenvalue weighted by Crippen LogP contribution is -2.42. The molecule has 0 spiro atoms. The van der Waals surface area contributed by atoms with E-state index in [0.29, 0.717) is 6.54 Å². The Bertz CT molecular complexity index is 489. The first-order valence-corrected chi connectivity index (χ1v) is 7.64. The standard InChI is InChI=1S/C17H28N2O3/c1-12(2)18-17(21)10-19(5)9-15(20)11-22-16-7-6-13(3)8-14(16)4/h6-8,12,15,20H,9-11H2,1-5H3,(H,18,21)/t15-/m0/s1. The highest BCUT2D eigenvalue weighted by Crippen LogP contribution is 2.18. The van der Waals surface area contributed by atoms with Gasteiger partial charge >= 0.3 is 0 Å². The summed E-state index contributed by atoms with van der Waals surface area (Å²) in [6.07, 6.45) is -0.641. The minimum atomic E-state index is -0.641. The number of nitrogens with one attached hydrogen (secondary N) is 1. The van der Waals surface area contributed by atoms with Gasteiger partial charge in [0.05, 0.1) is 6.54 Å². The lowest BCUT2D eigenvalue weighted by Gasteiger charge is -2.21. The fraction of sp³-hybridized carbons (Fsp3) is 0.588. The van der Waals surface area contributed by atoms with Crippen LogP contribution in [0.1, 0.15) is 25.0 Å². The van der Waals surface area contributed by atoms with Gasteiger partial charge in [-0.1, -0.05) is 17.7 Å². The van der Waals surface area contributed by atoms with Gasteiger partial charge in [-0.15, -0.1) is 0 Å². The van der Waals surface area contributed by atoms with Crippen molar-refractivity contribution in [3.05, 3.63) is 29.3 Å². The molecule has 2 N–H and O–H groups in total. The predicted octanol–water partition coefficient (Wildman–Crippen LogP) is 1.50. The molecule has 0 saturated carbocycles. The molecular formula is C17H28N2O3. The second-order valence-corrected chi connectivity index (χ2v) is 6.15. The molecule has 0 bridgehead atoms. The Morgan fingerprint density at radius 1 is 1.36 bits per heavy atom. The molecule has 1 aromatic rings. The number of benzene rings is 1. The maximum absolute atomic E-state index is 11.6. The summed E-state index contributed by atoms with van der Waals surface area (Å²) in [5, 5.41) is 12.8. The van der Waals surface area contributed by atoms with E-state index < -0.39 is 6.10 Å². The average molecular weight is 308 g/mol. The van der Waals surface area contributed by atoms with E-state index in [0.717, 1.165) is 11.3 Å². The maximum Gasteiger partial charge on any atom is 0.234 e. The van der Waals surface area contributed by atoms with Crippen molar-refractivity contribution in [2.75, 3.05) is 26.7 Å². The number of aliphatic hydroxyl groups excluding tert-OH is 1. The van der Waals surface area contributed by atoms with Crippen molar-refractivity contribution in [2.45, 2.75) is 39.8 Å². The summed E-state index contributed by atoms with van der Waals surface area (Å²) < 4.78 is 5.65. The molecule has 1 atom stereocenters. The quantitative estimate of drug-likeness (QED) is 0.764. The summed E-state index contributed by atoms with van der Waals surface area (Å²) in [6.45, 7) is 8.71. The fourth-order valence-corrected chi connectivity index (χ4v) is 2.24. The van der Waals surface area contributed by atoms with Crippen LogP contribution in [0.25, 0.3) is 0 Å². The minimum Gasteiger partial charge on any atom is -0.491 e. The number of hydrogen-bond acceptors (Lipinski definition) is 4. The molecule has 0 fully saturated rings. The number of carbonyl (C=O) groups is 1. The first-order valence-electron chi connectivity index (χ1n) is 7.64. The van der Waals surface area contributed by atoms with Crippen LogP contribution in [0.5, 0.6) is 5.75 Å². The summed E-state index contributed by atoms with van der Waals surface area (Å²) in [5.74, 6) is 0.741. The largest absolute Gasteiger partial charge is 0.491 e. The maximum atomic E-state index is 11.6. The van der Waals surface area contributed by atoms with Crippen LogP contribution in [0.15, 0.2) is 18.2 Å². The van der Waals surface area contributed by atoms with Gasteiger partial charge in [-0.05, 0) is 46.4 Å². The molecule has 0 aliphatic carbocycles. The van der Waals surface area contributed by atoms with Crippen molar-refractivity contribution in [3.63, 3.8) is 0 Å². The van der Waals surface area contributed by atoms with Gasteiger partial charge in [-0.25, -0.2) is 0 Å². The number of aliphatic hydroxyl groups is 1. The average Bonchev–Trinajstić information content (AvgIpc) is 2.36. The monoisotopic (exact) mass is 308 g/mol. The van der Waals surface area contributed by atoms with Crippen LogP contribution < -0.4 is 10.1 Å². The van der Waals surface area contributed by atoms with Crippen molar-refractivity contribution in [2.24, 2.45) is 0 Å². The summed E-state index contributed by atoms with van der Waals surface area (Å²) in [6, 6.07) is 6.07. The Balaban J connectivity index is 2.36. The zero-order valence-corrected chi connectivity index (χ0v) is 14.2. The van der Waals surface area contributed by atoms with Gasteiger partial charge in [0.2, 0.25) is 5.91 Å². The smallest absolute Gasteiger partial charge is 0.234 e. The highest BCUT2D eigenvalue weighted by molar-refractivity contribution is 5.78. The van der Waals surface area contributed by atoms with Crippen LogP contribution in [-0.2, 0) is 4.79 Å². The summed E-state index contributed by atoms with van der Waals surface area (Å²) in [7, 11) is 1.81. The third kappa shape index (κ3) is 6.91. The van der Waals surface area contributed by atoms with E-state index >= 15 is 0 Å². The number of carbonyl (C=O) groups excluding carboxylic acids is 1. The van der Waals surface area contributed by atoms with Gasteiger partial charge < -0.3 is 15.2 Å². The van der Waals surface area contributed by atoms with Crippen molar-refractivity contribution in [1.29, 1.82) is 0 Å². The highest BCUT2D eigenvalue weighted by Gasteiger charge is 2.13. The first-order chi connectivity index (χ1) is 10.3. The van der Waals surface area contributed by atoms with E-state index in [9.17, 15) is 9.90 Å². The van der Waals surface area contributed by atoms with E-state index in [4.69, 9.17) is 4.74 Å². The molecule has 0 aliphatic heterocycles. The molecule has 1 rings (SSSR count). The lowest BCUT2D eigenvalue weighted by atomic mass is 10.1. The molecule has 0 aromatic heterocycles. The number of aryl methyl sites for hydroxylation is 2. The molecule has 0 aliphatic rings. The Morgan fingerprint density at radius 3 is 2.64 bits per heavy atom. The van der Waals surface area contributed by atoms with Crippen molar-refractivity contribution < 1.29 is 14.6 Å². The molecule has 0 heterocycles. The lowest BCUT2D eigenvalue weighted by molar-refractivity contribution is -0.122. The number of amides is 1. The first kappa shape index (κ1) is 18.5. The molecule has 0 saturated heterocycles. The van der Waals surface area contributed by atoms with Crippen molar-refractivity contribution in [1.82, 2.24) is 10.2 Å². The van der Waals surface area contributed by atoms with Crippen LogP contribution in [-0.4, -0.2) is 54.8 Å². The number of rotatable bonds is 8. The van der Waals surface area contributed by atoms with Crippen LogP contribution in [0.2, 0.25) is 0 Å².